The molecule has 5 rings (SSSR count). The number of fused-ring (bicyclic) bond motifs is 3. The number of nitrogens with zero attached hydrogens (tertiary/aromatic N) is 5. The summed E-state index contributed by atoms with van der Waals surface area (Å²) < 4.78 is 1.34. The predicted molar refractivity (Wildman–Crippen MR) is 126 cm³/mol. The van der Waals surface area contributed by atoms with E-state index in [1.807, 2.05) is 17.0 Å². The maximum absolute atomic E-state index is 13.6. The van der Waals surface area contributed by atoms with Crippen molar-refractivity contribution in [2.45, 2.75) is 38.6 Å². The van der Waals surface area contributed by atoms with Gasteiger partial charge in [-0.05, 0) is 0 Å². The fraction of sp³-hybridized carbons (Fsp3) is 0.333. The van der Waals surface area contributed by atoms with Gasteiger partial charge in [0.15, 0.2) is 0 Å². The van der Waals surface area contributed by atoms with E-state index in [9.17, 15) is 4.79 Å². The molecule has 1 aromatic heterocycles. The number of anilines is 1. The third kappa shape index (κ3) is 3.52. The summed E-state index contributed by atoms with van der Waals surface area (Å²) in [5.41, 5.74) is 4.38. The summed E-state index contributed by atoms with van der Waals surface area (Å²) in [5.74, 6) is 1.32. The second kappa shape index (κ2) is 8.06. The van der Waals surface area contributed by atoms with E-state index in [2.05, 4.69) is 56.0 Å². The summed E-state index contributed by atoms with van der Waals surface area (Å²) in [6.07, 6.45) is 0.936. The van der Waals surface area contributed by atoms with Gasteiger partial charge in [0.25, 0.3) is 0 Å². The molecule has 3 aromatic rings. The summed E-state index contributed by atoms with van der Waals surface area (Å²) in [5, 5.41) is 0.935. The zero-order chi connectivity index (χ0) is 21.5. The van der Waals surface area contributed by atoms with Crippen LogP contribution < -0.4 is 9.36 Å². The molecule has 1 unspecified atom stereocenters. The van der Waals surface area contributed by atoms with E-state index < -0.39 is 0 Å². The SMILES string of the molecule is CCCN1C2=NCC(C[Se]c3ccccc3)N2C(=O)c2nc3cc(C)c(C)cc3nc21. The molecule has 6 nitrogen and oxygen atoms in total. The minimum atomic E-state index is -0.0694. The van der Waals surface area contributed by atoms with Crippen molar-refractivity contribution >= 4 is 48.1 Å². The van der Waals surface area contributed by atoms with Gasteiger partial charge in [0.05, 0.1) is 0 Å². The van der Waals surface area contributed by atoms with E-state index in [-0.39, 0.29) is 26.9 Å². The number of aryl methyl sites for hydroxylation is 2. The second-order valence-corrected chi connectivity index (χ2v) is 10.4. The fourth-order valence-corrected chi connectivity index (χ4v) is 6.16. The van der Waals surface area contributed by atoms with Gasteiger partial charge >= 0.3 is 189 Å². The molecule has 2 aliphatic rings. The van der Waals surface area contributed by atoms with Crippen molar-refractivity contribution in [3.63, 3.8) is 0 Å². The Morgan fingerprint density at radius 1 is 1.06 bits per heavy atom. The Labute approximate surface area is 188 Å². The molecule has 7 heteroatoms. The Bertz CT molecular complexity index is 1190. The number of rotatable bonds is 5. The van der Waals surface area contributed by atoms with Crippen molar-refractivity contribution in [2.24, 2.45) is 4.99 Å². The van der Waals surface area contributed by atoms with Crippen molar-refractivity contribution in [1.82, 2.24) is 14.9 Å². The third-order valence-corrected chi connectivity index (χ3v) is 8.26. The van der Waals surface area contributed by atoms with Crippen molar-refractivity contribution in [3.05, 3.63) is 59.3 Å². The van der Waals surface area contributed by atoms with Gasteiger partial charge in [-0.25, -0.2) is 0 Å². The van der Waals surface area contributed by atoms with Crippen LogP contribution in [-0.2, 0) is 0 Å². The number of hydrogen-bond donors (Lipinski definition) is 0. The van der Waals surface area contributed by atoms with E-state index in [1.165, 1.54) is 10.0 Å². The Morgan fingerprint density at radius 2 is 1.77 bits per heavy atom. The third-order valence-electron chi connectivity index (χ3n) is 5.84. The van der Waals surface area contributed by atoms with Gasteiger partial charge in [-0.2, -0.15) is 0 Å². The zero-order valence-corrected chi connectivity index (χ0v) is 19.7. The van der Waals surface area contributed by atoms with Crippen LogP contribution in [0.15, 0.2) is 47.5 Å². The first-order chi connectivity index (χ1) is 15.1. The minimum absolute atomic E-state index is 0.0694. The van der Waals surface area contributed by atoms with E-state index in [4.69, 9.17) is 15.0 Å². The van der Waals surface area contributed by atoms with Crippen LogP contribution in [0, 0.1) is 13.8 Å². The summed E-state index contributed by atoms with van der Waals surface area (Å²) in [6.45, 7) is 7.67. The van der Waals surface area contributed by atoms with Gasteiger partial charge in [0.2, 0.25) is 0 Å². The topological polar surface area (TPSA) is 61.7 Å². The van der Waals surface area contributed by atoms with Crippen molar-refractivity contribution < 1.29 is 4.79 Å². The van der Waals surface area contributed by atoms with E-state index in [0.717, 1.165) is 40.8 Å². The van der Waals surface area contributed by atoms with Crippen LogP contribution in [-0.4, -0.2) is 60.8 Å². The van der Waals surface area contributed by atoms with Gasteiger partial charge in [0.1, 0.15) is 0 Å². The van der Waals surface area contributed by atoms with E-state index >= 15 is 0 Å². The summed E-state index contributed by atoms with van der Waals surface area (Å²) in [7, 11) is 0. The molecule has 0 bridgehead atoms. The molecule has 1 amide bonds. The average Bonchev–Trinajstić information content (AvgIpc) is 3.20. The quantitative estimate of drug-likeness (QED) is 0.529. The average molecular weight is 478 g/mol. The van der Waals surface area contributed by atoms with Crippen molar-refractivity contribution in [2.75, 3.05) is 18.0 Å². The zero-order valence-electron chi connectivity index (χ0n) is 18.0. The Kier molecular flexibility index (Phi) is 5.24. The Balaban J connectivity index is 1.53. The first-order valence-electron chi connectivity index (χ1n) is 10.7. The molecular formula is C24H25N5OSe. The molecule has 158 valence electrons. The first-order valence-corrected chi connectivity index (χ1v) is 12.8. The number of aromatic nitrogens is 2. The molecule has 31 heavy (non-hydrogen) atoms. The number of aliphatic imine (C=N–C) groups is 1. The molecular weight excluding hydrogens is 453 g/mol. The van der Waals surface area contributed by atoms with Gasteiger partial charge in [-0.15, -0.1) is 0 Å². The number of carbonyl (C=O) groups is 1. The van der Waals surface area contributed by atoms with Gasteiger partial charge in [0, 0.05) is 0 Å². The van der Waals surface area contributed by atoms with Gasteiger partial charge < -0.3 is 0 Å². The number of amides is 1. The number of guanidine groups is 1. The number of hydrogen-bond acceptors (Lipinski definition) is 5. The number of benzene rings is 2. The van der Waals surface area contributed by atoms with Crippen LogP contribution in [0.5, 0.6) is 0 Å². The normalized spacial score (nSPS) is 17.7. The van der Waals surface area contributed by atoms with Gasteiger partial charge in [-0.1, -0.05) is 0 Å². The van der Waals surface area contributed by atoms with Gasteiger partial charge in [-0.3, -0.25) is 0 Å². The first kappa shape index (κ1) is 20.2. The molecule has 0 N–H and O–H groups in total. The van der Waals surface area contributed by atoms with Crippen molar-refractivity contribution in [3.8, 4) is 0 Å². The molecule has 1 atom stereocenters. The van der Waals surface area contributed by atoms with E-state index in [0.29, 0.717) is 18.1 Å². The monoisotopic (exact) mass is 479 g/mol. The molecule has 0 saturated carbocycles. The van der Waals surface area contributed by atoms with Crippen LogP contribution in [0.25, 0.3) is 11.0 Å². The molecule has 0 spiro atoms. The summed E-state index contributed by atoms with van der Waals surface area (Å²) in [4.78, 5) is 32.0. The van der Waals surface area contributed by atoms with Crippen LogP contribution in [0.2, 0.25) is 5.32 Å². The Hall–Kier alpha value is -2.76. The molecule has 0 fully saturated rings. The van der Waals surface area contributed by atoms with Crippen LogP contribution in [0.1, 0.15) is 35.0 Å². The molecule has 2 aliphatic heterocycles. The molecule has 3 heterocycles. The standard InChI is InChI=1S/C24H25N5OSe/c1-4-10-28-22-21(26-19-11-15(2)16(3)12-20(19)27-22)23(30)29-17(13-25-24(28)29)14-31-18-8-6-5-7-9-18/h5-9,11-12,17H,4,10,13-14H2,1-3H3. The molecule has 2 aromatic carbocycles. The summed E-state index contributed by atoms with van der Waals surface area (Å²) in [6, 6.07) is 14.7. The second-order valence-electron chi connectivity index (χ2n) is 8.07. The predicted octanol–water partition coefficient (Wildman–Crippen LogP) is 3.11. The molecule has 0 saturated heterocycles. The fourth-order valence-electron chi connectivity index (χ4n) is 4.09. The van der Waals surface area contributed by atoms with Crippen LogP contribution in [0.4, 0.5) is 5.82 Å². The van der Waals surface area contributed by atoms with Crippen LogP contribution in [0.3, 0.4) is 0 Å². The number of carbonyl (C=O) groups excluding carboxylic acids is 1. The van der Waals surface area contributed by atoms with Crippen molar-refractivity contribution in [1.29, 1.82) is 0 Å². The summed E-state index contributed by atoms with van der Waals surface area (Å²) >= 11 is 0.288. The van der Waals surface area contributed by atoms with Crippen LogP contribution >= 0.6 is 0 Å². The molecule has 0 aliphatic carbocycles. The molecule has 0 radical (unpaired) electrons. The van der Waals surface area contributed by atoms with E-state index in [1.54, 1.807) is 0 Å². The Morgan fingerprint density at radius 3 is 2.48 bits per heavy atom. The maximum atomic E-state index is 13.6.